The lowest BCUT2D eigenvalue weighted by atomic mass is 10.2. The molecule has 1 atom stereocenters. The molecule has 1 heterocycles. The molecule has 1 fully saturated rings. The third kappa shape index (κ3) is 6.37. The van der Waals surface area contributed by atoms with Gasteiger partial charge in [0.25, 0.3) is 0 Å². The van der Waals surface area contributed by atoms with E-state index in [1.165, 1.54) is 37.8 Å². The molecule has 6 heteroatoms. The molecule has 2 rings (SSSR count). The number of hydrogen-bond acceptors (Lipinski definition) is 2. The minimum Gasteiger partial charge on any atom is -0.489 e. The van der Waals surface area contributed by atoms with E-state index in [1.54, 1.807) is 12.1 Å². The Morgan fingerprint density at radius 1 is 1.32 bits per heavy atom. The van der Waals surface area contributed by atoms with Crippen molar-refractivity contribution in [1.82, 2.24) is 4.90 Å². The fraction of sp³-hybridized carbons (Fsp3) is 0.562. The van der Waals surface area contributed by atoms with Crippen molar-refractivity contribution in [1.29, 1.82) is 0 Å². The van der Waals surface area contributed by atoms with Crippen molar-refractivity contribution in [2.75, 3.05) is 19.6 Å². The Bertz CT molecular complexity index is 476. The molecule has 0 radical (unpaired) electrons. The van der Waals surface area contributed by atoms with E-state index in [0.29, 0.717) is 18.3 Å². The van der Waals surface area contributed by atoms with Crippen molar-refractivity contribution in [3.8, 4) is 5.75 Å². The highest BCUT2D eigenvalue weighted by Crippen LogP contribution is 2.14. The second-order valence-corrected chi connectivity index (χ2v) is 5.49. The Hall–Kier alpha value is -1.05. The quantitative estimate of drug-likeness (QED) is 0.461. The SMILES string of the molecule is CC(CN=C(N)N1CCCCCC1)Oc1cccc(F)c1.I. The van der Waals surface area contributed by atoms with E-state index >= 15 is 0 Å². The summed E-state index contributed by atoms with van der Waals surface area (Å²) in [4.78, 5) is 6.55. The van der Waals surface area contributed by atoms with Crippen LogP contribution in [0.15, 0.2) is 29.3 Å². The van der Waals surface area contributed by atoms with Gasteiger partial charge in [0.05, 0.1) is 6.54 Å². The van der Waals surface area contributed by atoms with Crippen LogP contribution in [-0.4, -0.2) is 36.6 Å². The molecule has 1 aliphatic heterocycles. The lowest BCUT2D eigenvalue weighted by Gasteiger charge is -2.21. The molecule has 0 amide bonds. The number of benzene rings is 1. The van der Waals surface area contributed by atoms with Crippen molar-refractivity contribution in [3.05, 3.63) is 30.1 Å². The highest BCUT2D eigenvalue weighted by Gasteiger charge is 2.11. The fourth-order valence-corrected chi connectivity index (χ4v) is 2.43. The summed E-state index contributed by atoms with van der Waals surface area (Å²) < 4.78 is 18.7. The van der Waals surface area contributed by atoms with E-state index in [0.717, 1.165) is 13.1 Å². The summed E-state index contributed by atoms with van der Waals surface area (Å²) in [5.74, 6) is 0.810. The van der Waals surface area contributed by atoms with E-state index in [4.69, 9.17) is 10.5 Å². The monoisotopic (exact) mass is 421 g/mol. The Balaban J connectivity index is 0.00000242. The number of nitrogens with two attached hydrogens (primary N) is 1. The predicted molar refractivity (Wildman–Crippen MR) is 98.4 cm³/mol. The molecular weight excluding hydrogens is 396 g/mol. The Morgan fingerprint density at radius 2 is 2.00 bits per heavy atom. The number of likely N-dealkylation sites (tertiary alicyclic amines) is 1. The highest BCUT2D eigenvalue weighted by atomic mass is 127. The number of rotatable bonds is 4. The molecule has 22 heavy (non-hydrogen) atoms. The zero-order valence-corrected chi connectivity index (χ0v) is 15.3. The molecule has 0 spiro atoms. The normalized spacial score (nSPS) is 17.4. The number of aliphatic imine (C=N–C) groups is 1. The first-order valence-electron chi connectivity index (χ1n) is 7.62. The maximum absolute atomic E-state index is 13.1. The number of guanidine groups is 1. The summed E-state index contributed by atoms with van der Waals surface area (Å²) in [7, 11) is 0. The van der Waals surface area contributed by atoms with E-state index in [9.17, 15) is 4.39 Å². The topological polar surface area (TPSA) is 50.8 Å². The molecule has 2 N–H and O–H groups in total. The maximum atomic E-state index is 13.1. The van der Waals surface area contributed by atoms with Crippen LogP contribution in [-0.2, 0) is 0 Å². The molecule has 1 aromatic rings. The minimum absolute atomic E-state index is 0. The first kappa shape index (κ1) is 19.0. The number of halogens is 2. The summed E-state index contributed by atoms with van der Waals surface area (Å²) in [5, 5.41) is 0. The van der Waals surface area contributed by atoms with Crippen molar-refractivity contribution in [2.45, 2.75) is 38.7 Å². The molecule has 124 valence electrons. The summed E-state index contributed by atoms with van der Waals surface area (Å²) in [6, 6.07) is 6.14. The van der Waals surface area contributed by atoms with Gasteiger partial charge >= 0.3 is 0 Å². The third-order valence-corrected chi connectivity index (χ3v) is 3.57. The standard InChI is InChI=1S/C16H24FN3O.HI/c1-13(21-15-8-6-7-14(17)11-15)12-19-16(18)20-9-4-2-3-5-10-20;/h6-8,11,13H,2-5,9-10,12H2,1H3,(H2,18,19);1H. The average molecular weight is 421 g/mol. The average Bonchev–Trinajstić information content (AvgIpc) is 2.74. The third-order valence-electron chi connectivity index (χ3n) is 3.57. The molecule has 1 aromatic carbocycles. The van der Waals surface area contributed by atoms with Gasteiger partial charge < -0.3 is 15.4 Å². The van der Waals surface area contributed by atoms with E-state index in [2.05, 4.69) is 9.89 Å². The Labute approximate surface area is 148 Å². The summed E-state index contributed by atoms with van der Waals surface area (Å²) >= 11 is 0. The van der Waals surface area contributed by atoms with Crippen LogP contribution < -0.4 is 10.5 Å². The first-order valence-corrected chi connectivity index (χ1v) is 7.62. The van der Waals surface area contributed by atoms with E-state index < -0.39 is 0 Å². The van der Waals surface area contributed by atoms with Crippen LogP contribution in [0, 0.1) is 5.82 Å². The molecule has 1 aliphatic rings. The highest BCUT2D eigenvalue weighted by molar-refractivity contribution is 14.0. The smallest absolute Gasteiger partial charge is 0.191 e. The van der Waals surface area contributed by atoms with Gasteiger partial charge in [0.15, 0.2) is 5.96 Å². The van der Waals surface area contributed by atoms with Gasteiger partial charge in [0, 0.05) is 19.2 Å². The van der Waals surface area contributed by atoms with Gasteiger partial charge in [-0.25, -0.2) is 9.38 Å². The molecule has 1 unspecified atom stereocenters. The molecule has 0 aliphatic carbocycles. The number of ether oxygens (including phenoxy) is 1. The zero-order valence-electron chi connectivity index (χ0n) is 13.0. The van der Waals surface area contributed by atoms with Crippen LogP contribution >= 0.6 is 24.0 Å². The molecule has 0 bridgehead atoms. The first-order chi connectivity index (χ1) is 10.1. The maximum Gasteiger partial charge on any atom is 0.191 e. The van der Waals surface area contributed by atoms with Crippen LogP contribution in [0.25, 0.3) is 0 Å². The fourth-order valence-electron chi connectivity index (χ4n) is 2.43. The van der Waals surface area contributed by atoms with Gasteiger partial charge in [-0.15, -0.1) is 24.0 Å². The van der Waals surface area contributed by atoms with Crippen LogP contribution in [0.3, 0.4) is 0 Å². The van der Waals surface area contributed by atoms with Crippen LogP contribution in [0.2, 0.25) is 0 Å². The number of hydrogen-bond donors (Lipinski definition) is 1. The Kier molecular flexibility index (Phi) is 8.52. The predicted octanol–water partition coefficient (Wildman–Crippen LogP) is 3.40. The van der Waals surface area contributed by atoms with E-state index in [-0.39, 0.29) is 35.9 Å². The lowest BCUT2D eigenvalue weighted by molar-refractivity contribution is 0.228. The van der Waals surface area contributed by atoms with Crippen molar-refractivity contribution in [3.63, 3.8) is 0 Å². The lowest BCUT2D eigenvalue weighted by Crippen LogP contribution is -2.38. The number of nitrogens with zero attached hydrogens (tertiary/aromatic N) is 2. The van der Waals surface area contributed by atoms with E-state index in [1.807, 2.05) is 6.92 Å². The summed E-state index contributed by atoms with van der Waals surface area (Å²) in [6.07, 6.45) is 4.74. The zero-order chi connectivity index (χ0) is 15.1. The minimum atomic E-state index is -0.299. The van der Waals surface area contributed by atoms with Crippen molar-refractivity contribution < 1.29 is 9.13 Å². The van der Waals surface area contributed by atoms with Gasteiger partial charge in [-0.3, -0.25) is 0 Å². The second kappa shape index (κ2) is 9.86. The summed E-state index contributed by atoms with van der Waals surface area (Å²) in [6.45, 7) is 4.34. The summed E-state index contributed by atoms with van der Waals surface area (Å²) in [5.41, 5.74) is 6.04. The van der Waals surface area contributed by atoms with Crippen molar-refractivity contribution >= 4 is 29.9 Å². The van der Waals surface area contributed by atoms with Gasteiger partial charge in [-0.1, -0.05) is 18.9 Å². The van der Waals surface area contributed by atoms with Crippen LogP contribution in [0.5, 0.6) is 5.75 Å². The van der Waals surface area contributed by atoms with Crippen LogP contribution in [0.1, 0.15) is 32.6 Å². The van der Waals surface area contributed by atoms with Gasteiger partial charge in [-0.2, -0.15) is 0 Å². The van der Waals surface area contributed by atoms with Gasteiger partial charge in [0.1, 0.15) is 17.7 Å². The molecule has 0 aromatic heterocycles. The van der Waals surface area contributed by atoms with Gasteiger partial charge in [0.2, 0.25) is 0 Å². The largest absolute Gasteiger partial charge is 0.489 e. The second-order valence-electron chi connectivity index (χ2n) is 5.49. The van der Waals surface area contributed by atoms with Crippen LogP contribution in [0.4, 0.5) is 4.39 Å². The Morgan fingerprint density at radius 3 is 2.64 bits per heavy atom. The molecule has 4 nitrogen and oxygen atoms in total. The molecular formula is C16H25FIN3O. The van der Waals surface area contributed by atoms with Gasteiger partial charge in [-0.05, 0) is 31.9 Å². The molecule has 0 saturated carbocycles. The van der Waals surface area contributed by atoms with Crippen molar-refractivity contribution in [2.24, 2.45) is 10.7 Å². The molecule has 1 saturated heterocycles.